The Morgan fingerprint density at radius 2 is 0.861 bits per heavy atom. The van der Waals surface area contributed by atoms with Crippen molar-refractivity contribution in [1.29, 1.82) is 0 Å². The molecule has 0 radical (unpaired) electrons. The molecule has 0 spiro atoms. The van der Waals surface area contributed by atoms with Gasteiger partial charge < -0.3 is 24.9 Å². The van der Waals surface area contributed by atoms with Crippen molar-refractivity contribution in [2.24, 2.45) is 0 Å². The van der Waals surface area contributed by atoms with Crippen molar-refractivity contribution < 1.29 is 34.0 Å². The van der Waals surface area contributed by atoms with E-state index in [9.17, 15) is 34.0 Å². The molecule has 5 aromatic carbocycles. The summed E-state index contributed by atoms with van der Waals surface area (Å²) in [5.41, 5.74) is 17.1. The highest BCUT2D eigenvalue weighted by Crippen LogP contribution is 2.39. The lowest BCUT2D eigenvalue weighted by atomic mass is 9.90. The number of sulfonamides is 1. The molecule has 16 rings (SSSR count). The molecule has 5 N–H and O–H groups in total. The fraction of sp³-hybridized carbons (Fsp3) is 0.325. The molecule has 10 heterocycles. The summed E-state index contributed by atoms with van der Waals surface area (Å²) in [6, 6.07) is 30.5. The Hall–Kier alpha value is -7.26. The van der Waals surface area contributed by atoms with Crippen LogP contribution in [-0.4, -0.2) is 191 Å². The summed E-state index contributed by atoms with van der Waals surface area (Å²) in [5, 5.41) is 5.92. The van der Waals surface area contributed by atoms with Crippen molar-refractivity contribution >= 4 is 161 Å². The normalized spacial score (nSPS) is 20.2. The Morgan fingerprint density at radius 3 is 1.37 bits per heavy atom. The SMILES string of the molecule is C=S(C)(=O)N1CC=C(c2c[nH]c3cc(Cl)ccc23)CC1.C=S(C)(=O)N1CC=C(c2c[nH]c3ccc(C)cc23)CC1.C=S(C)(=O)N1CC=C(c2c[nH]c3ccc(F)cc23)CC1.C=S(C)(=O)N1CC=C(c2c[nH]c3cccc(F)c23)CC1.O=S(=O)(C1CC1)N1CCC(c2c[nH]c3ccccc23)CC1. The summed E-state index contributed by atoms with van der Waals surface area (Å²) in [4.78, 5) is 16.2. The maximum Gasteiger partial charge on any atom is 0.216 e. The highest BCUT2D eigenvalue weighted by atomic mass is 35.5. The number of hydrogen-bond acceptors (Lipinski definition) is 6. The largest absolute Gasteiger partial charge is 0.361 e. The van der Waals surface area contributed by atoms with Crippen LogP contribution >= 0.6 is 11.6 Å². The fourth-order valence-corrected chi connectivity index (χ4v) is 19.5. The summed E-state index contributed by atoms with van der Waals surface area (Å²) in [6.07, 6.45) is 32.0. The summed E-state index contributed by atoms with van der Waals surface area (Å²) in [5.74, 6) is 14.9. The van der Waals surface area contributed by atoms with E-state index in [0.717, 1.165) is 108 Å². The topological polar surface area (TPSA) is 198 Å². The number of halogens is 3. The van der Waals surface area contributed by atoms with Gasteiger partial charge in [0.15, 0.2) is 0 Å². The van der Waals surface area contributed by atoms with Gasteiger partial charge in [-0.2, -0.15) is 0 Å². The van der Waals surface area contributed by atoms with E-state index < -0.39 is 48.9 Å². The summed E-state index contributed by atoms with van der Waals surface area (Å²) in [7, 11) is -11.5. The van der Waals surface area contributed by atoms with Gasteiger partial charge in [0.2, 0.25) is 10.0 Å². The van der Waals surface area contributed by atoms with Crippen LogP contribution in [-0.2, 0) is 48.9 Å². The Balaban J connectivity index is 0.000000119. The van der Waals surface area contributed by atoms with Gasteiger partial charge in [-0.1, -0.05) is 77.9 Å². The van der Waals surface area contributed by atoms with Gasteiger partial charge in [0.1, 0.15) is 11.6 Å². The number of aromatic nitrogens is 5. The summed E-state index contributed by atoms with van der Waals surface area (Å²) < 4.78 is 109. The van der Waals surface area contributed by atoms with Gasteiger partial charge in [-0.3, -0.25) is 16.8 Å². The molecular formula is C77H91ClF2N10O6S5. The van der Waals surface area contributed by atoms with E-state index in [4.69, 9.17) is 11.6 Å². The van der Waals surface area contributed by atoms with E-state index in [2.05, 4.69) is 122 Å². The van der Waals surface area contributed by atoms with Crippen molar-refractivity contribution in [3.8, 4) is 0 Å². The molecule has 1 aliphatic carbocycles. The van der Waals surface area contributed by atoms with Crippen molar-refractivity contribution in [3.63, 3.8) is 0 Å². The number of H-pyrrole nitrogens is 5. The minimum absolute atomic E-state index is 0.0814. The Bertz CT molecular complexity index is 5340. The highest BCUT2D eigenvalue weighted by molar-refractivity contribution is 7.98. The molecule has 536 valence electrons. The molecule has 1 saturated carbocycles. The smallest absolute Gasteiger partial charge is 0.216 e. The van der Waals surface area contributed by atoms with E-state index in [-0.39, 0.29) is 16.9 Å². The first-order valence-electron chi connectivity index (χ1n) is 34.0. The van der Waals surface area contributed by atoms with Gasteiger partial charge in [-0.15, -0.1) is 0 Å². The zero-order valence-electron chi connectivity index (χ0n) is 58.0. The number of para-hydroxylation sites is 1. The van der Waals surface area contributed by atoms with E-state index in [1.165, 1.54) is 78.3 Å². The van der Waals surface area contributed by atoms with Crippen LogP contribution in [0.5, 0.6) is 0 Å². The van der Waals surface area contributed by atoms with E-state index in [0.29, 0.717) is 63.7 Å². The third-order valence-electron chi connectivity index (χ3n) is 19.9. The molecule has 5 aliphatic heterocycles. The molecular weight excluding hydrogens is 1390 g/mol. The van der Waals surface area contributed by atoms with Gasteiger partial charge in [-0.25, -0.2) is 38.7 Å². The summed E-state index contributed by atoms with van der Waals surface area (Å²) in [6.45, 7) is 9.06. The van der Waals surface area contributed by atoms with Crippen molar-refractivity contribution in [2.75, 3.05) is 90.5 Å². The van der Waals surface area contributed by atoms with Gasteiger partial charge in [0.05, 0.1) is 5.25 Å². The molecule has 10 aromatic rings. The Morgan fingerprint density at radius 1 is 0.426 bits per heavy atom. The second-order valence-electron chi connectivity index (χ2n) is 27.4. The second kappa shape index (κ2) is 30.2. The standard InChI is InChI=1S/C16H20N2O2S.C16H20N2OS.C15H17ClN2OS.2C15H17FN2OS/c19-21(20,13-5-6-13)18-9-7-12(8-10-18)15-11-17-16-4-2-1-3-14(15)16;1-12-4-5-16-14(10-12)15(11-17-16)13-6-8-18(9-7-13)20(2,3)19;1-20(2,19)18-7-5-11(6-8-18)14-10-17-15-9-12(16)3-4-13(14)15;1-20(2,19)18-7-5-11(6-8-18)14-10-17-15-4-3-12(16)9-13(14)15;1-20(2,19)18-8-6-11(7-9-18)12-10-17-14-5-3-4-13(16)15(12)14/h1-4,11-13,17H,5-10H2;4-6,10-11,17H,2,7-9H2,1,3H3;2*3-5,9-10,17H,1,6-8H2,2H3;3-6,10,17H,1,7-9H2,2H3. The molecule has 4 unspecified atom stereocenters. The number of piperidine rings is 1. The lowest BCUT2D eigenvalue weighted by molar-refractivity contribution is 0.320. The molecule has 4 atom stereocenters. The Kier molecular flexibility index (Phi) is 22.0. The maximum absolute atomic E-state index is 14.0. The number of nitrogens with zero attached hydrogens (tertiary/aromatic N) is 5. The van der Waals surface area contributed by atoms with Crippen LogP contribution in [0.25, 0.3) is 76.8 Å². The average molecular weight is 1490 g/mol. The first-order chi connectivity index (χ1) is 48.0. The van der Waals surface area contributed by atoms with E-state index in [1.807, 2.05) is 72.2 Å². The van der Waals surface area contributed by atoms with Crippen molar-refractivity contribution in [1.82, 2.24) is 46.4 Å². The summed E-state index contributed by atoms with van der Waals surface area (Å²) >= 11 is 6.00. The first kappa shape index (κ1) is 73.5. The maximum atomic E-state index is 14.0. The average Bonchev–Trinajstić information content (AvgIpc) is 1.66. The minimum atomic E-state index is -3.00. The zero-order valence-corrected chi connectivity index (χ0v) is 62.8. The molecule has 5 aromatic heterocycles. The van der Waals surface area contributed by atoms with Crippen LogP contribution in [0, 0.1) is 18.6 Å². The monoisotopic (exact) mass is 1480 g/mol. The van der Waals surface area contributed by atoms with Crippen LogP contribution < -0.4 is 0 Å². The molecule has 6 aliphatic rings. The third kappa shape index (κ3) is 17.2. The lowest BCUT2D eigenvalue weighted by Crippen LogP contribution is -2.39. The highest BCUT2D eigenvalue weighted by Gasteiger charge is 2.41. The second-order valence-corrected chi connectivity index (χ2v) is 39.8. The van der Waals surface area contributed by atoms with Gasteiger partial charge in [-0.05, 0) is 176 Å². The molecule has 1 saturated heterocycles. The quantitative estimate of drug-likeness (QED) is 0.0799. The predicted octanol–water partition coefficient (Wildman–Crippen LogP) is 14.2. The molecule has 24 heteroatoms. The lowest BCUT2D eigenvalue weighted by Gasteiger charge is -2.31. The number of rotatable bonds is 11. The van der Waals surface area contributed by atoms with Crippen LogP contribution in [0.4, 0.5) is 8.78 Å². The molecule has 101 heavy (non-hydrogen) atoms. The van der Waals surface area contributed by atoms with Gasteiger partial charge >= 0.3 is 0 Å². The molecule has 2 fully saturated rings. The molecule has 0 amide bonds. The molecule has 16 nitrogen and oxygen atoms in total. The number of aromatic amines is 5. The number of aryl methyl sites for hydroxylation is 1. The van der Waals surface area contributed by atoms with E-state index in [1.54, 1.807) is 47.5 Å². The predicted molar refractivity (Wildman–Crippen MR) is 428 cm³/mol. The molecule has 0 bridgehead atoms. The van der Waals surface area contributed by atoms with Crippen molar-refractivity contribution in [2.45, 2.75) is 69.5 Å². The fourth-order valence-electron chi connectivity index (χ4n) is 14.0. The van der Waals surface area contributed by atoms with Gasteiger partial charge in [0.25, 0.3) is 0 Å². The number of fused-ring (bicyclic) bond motifs is 5. The van der Waals surface area contributed by atoms with E-state index >= 15 is 0 Å². The Labute approximate surface area is 599 Å². The third-order valence-corrected chi connectivity index (χ3v) is 28.2. The first-order valence-corrected chi connectivity index (χ1v) is 44.2. The van der Waals surface area contributed by atoms with Crippen LogP contribution in [0.15, 0.2) is 152 Å². The number of hydrogen-bond donors (Lipinski definition) is 5. The van der Waals surface area contributed by atoms with Crippen LogP contribution in [0.1, 0.15) is 90.7 Å². The van der Waals surface area contributed by atoms with Gasteiger partial charge in [0, 0.05) is 242 Å². The minimum Gasteiger partial charge on any atom is -0.361 e. The van der Waals surface area contributed by atoms with Crippen molar-refractivity contribution in [3.05, 3.63) is 202 Å². The zero-order chi connectivity index (χ0) is 71.8. The van der Waals surface area contributed by atoms with Crippen LogP contribution in [0.3, 0.4) is 0 Å². The number of benzene rings is 5. The van der Waals surface area contributed by atoms with Crippen LogP contribution in [0.2, 0.25) is 5.02 Å². The number of nitrogens with one attached hydrogen (secondary N) is 5.